The van der Waals surface area contributed by atoms with Gasteiger partial charge in [-0.15, -0.1) is 0 Å². The van der Waals surface area contributed by atoms with Gasteiger partial charge in [0.05, 0.1) is 13.1 Å². The van der Waals surface area contributed by atoms with Gasteiger partial charge in [-0.3, -0.25) is 4.99 Å². The summed E-state index contributed by atoms with van der Waals surface area (Å²) in [6.07, 6.45) is 1.12. The first kappa shape index (κ1) is 21.0. The normalized spacial score (nSPS) is 12.5. The minimum Gasteiger partial charge on any atom is -0.478 e. The Morgan fingerprint density at radius 2 is 1.64 bits per heavy atom. The summed E-state index contributed by atoms with van der Waals surface area (Å²) >= 11 is 6.29. The van der Waals surface area contributed by atoms with Crippen LogP contribution in [0.4, 0.5) is 5.69 Å². The molecule has 0 fully saturated rings. The van der Waals surface area contributed by atoms with E-state index in [1.54, 1.807) is 0 Å². The quantitative estimate of drug-likeness (QED) is 0.553. The second kappa shape index (κ2) is 10.7. The van der Waals surface area contributed by atoms with Crippen molar-refractivity contribution < 1.29 is 19.8 Å². The van der Waals surface area contributed by atoms with E-state index in [9.17, 15) is 9.59 Å². The minimum atomic E-state index is -1.26. The summed E-state index contributed by atoms with van der Waals surface area (Å²) in [5.41, 5.74) is 3.22. The maximum absolute atomic E-state index is 9.55. The van der Waals surface area contributed by atoms with E-state index in [1.165, 1.54) is 0 Å². The Labute approximate surface area is 167 Å². The molecule has 2 aromatic carbocycles. The van der Waals surface area contributed by atoms with Crippen LogP contribution in [0.2, 0.25) is 5.02 Å². The lowest BCUT2D eigenvalue weighted by Gasteiger charge is -2.13. The number of amidine groups is 1. The zero-order valence-electron chi connectivity index (χ0n) is 14.9. The van der Waals surface area contributed by atoms with E-state index >= 15 is 0 Å². The number of rotatable bonds is 6. The Bertz CT molecular complexity index is 881. The van der Waals surface area contributed by atoms with Crippen molar-refractivity contribution in [3.63, 3.8) is 0 Å². The van der Waals surface area contributed by atoms with Crippen molar-refractivity contribution in [1.82, 2.24) is 5.32 Å². The highest BCUT2D eigenvalue weighted by Gasteiger charge is 2.09. The zero-order valence-corrected chi connectivity index (χ0v) is 15.7. The van der Waals surface area contributed by atoms with Gasteiger partial charge in [0.1, 0.15) is 5.84 Å². The van der Waals surface area contributed by atoms with E-state index in [0.717, 1.165) is 40.8 Å². The number of hydrogen-bond acceptors (Lipinski definition) is 5. The molecule has 0 spiro atoms. The SMILES string of the molecule is Clc1ccccc1-c1ccccc1NCC1=NCCN1.O=C(O)C=CC(=O)O. The van der Waals surface area contributed by atoms with Crippen molar-refractivity contribution >= 4 is 35.1 Å². The summed E-state index contributed by atoms with van der Waals surface area (Å²) in [7, 11) is 0. The number of hydrogen-bond donors (Lipinski definition) is 4. The van der Waals surface area contributed by atoms with Crippen molar-refractivity contribution in [2.24, 2.45) is 4.99 Å². The van der Waals surface area contributed by atoms with Crippen LogP contribution in [-0.4, -0.2) is 47.6 Å². The summed E-state index contributed by atoms with van der Waals surface area (Å²) in [4.78, 5) is 23.5. The Balaban J connectivity index is 0.000000300. The smallest absolute Gasteiger partial charge is 0.328 e. The van der Waals surface area contributed by atoms with E-state index in [-0.39, 0.29) is 0 Å². The Morgan fingerprint density at radius 1 is 1.04 bits per heavy atom. The number of para-hydroxylation sites is 1. The highest BCUT2D eigenvalue weighted by Crippen LogP contribution is 2.32. The summed E-state index contributed by atoms with van der Waals surface area (Å²) < 4.78 is 0. The van der Waals surface area contributed by atoms with Crippen LogP contribution in [0.3, 0.4) is 0 Å². The van der Waals surface area contributed by atoms with Gasteiger partial charge in [-0.05, 0) is 12.1 Å². The molecule has 7 nitrogen and oxygen atoms in total. The second-order valence-electron chi connectivity index (χ2n) is 5.64. The molecule has 8 heteroatoms. The monoisotopic (exact) mass is 401 g/mol. The molecule has 1 aliphatic heterocycles. The largest absolute Gasteiger partial charge is 0.478 e. The van der Waals surface area contributed by atoms with E-state index in [4.69, 9.17) is 21.8 Å². The average molecular weight is 402 g/mol. The molecule has 0 unspecified atom stereocenters. The van der Waals surface area contributed by atoms with Crippen molar-refractivity contribution in [2.45, 2.75) is 0 Å². The average Bonchev–Trinajstić information content (AvgIpc) is 3.20. The molecule has 1 aliphatic rings. The van der Waals surface area contributed by atoms with Gasteiger partial charge in [0, 0.05) is 40.5 Å². The minimum absolute atomic E-state index is 0.558. The fraction of sp³-hybridized carbons (Fsp3) is 0.150. The number of carboxylic acid groups (broad SMARTS) is 2. The van der Waals surface area contributed by atoms with Crippen LogP contribution in [0.25, 0.3) is 11.1 Å². The summed E-state index contributed by atoms with van der Waals surface area (Å²) in [6, 6.07) is 16.1. The summed E-state index contributed by atoms with van der Waals surface area (Å²) in [5.74, 6) is -1.50. The predicted octanol–water partition coefficient (Wildman–Crippen LogP) is 3.13. The molecule has 2 aromatic rings. The van der Waals surface area contributed by atoms with Crippen LogP contribution in [0.5, 0.6) is 0 Å². The van der Waals surface area contributed by atoms with Gasteiger partial charge in [0.2, 0.25) is 0 Å². The molecule has 0 aliphatic carbocycles. The number of carbonyl (C=O) groups is 2. The van der Waals surface area contributed by atoms with Crippen LogP contribution in [-0.2, 0) is 9.59 Å². The zero-order chi connectivity index (χ0) is 20.4. The predicted molar refractivity (Wildman–Crippen MR) is 110 cm³/mol. The van der Waals surface area contributed by atoms with Crippen molar-refractivity contribution in [3.8, 4) is 11.1 Å². The number of aliphatic imine (C=N–C) groups is 1. The molecule has 0 amide bonds. The van der Waals surface area contributed by atoms with Gasteiger partial charge in [-0.2, -0.15) is 0 Å². The van der Waals surface area contributed by atoms with E-state index < -0.39 is 11.9 Å². The first-order valence-corrected chi connectivity index (χ1v) is 8.84. The van der Waals surface area contributed by atoms with Crippen molar-refractivity contribution in [2.75, 3.05) is 25.0 Å². The van der Waals surface area contributed by atoms with E-state index in [0.29, 0.717) is 18.7 Å². The molecule has 0 saturated carbocycles. The number of nitrogens with zero attached hydrogens (tertiary/aromatic N) is 1. The maximum Gasteiger partial charge on any atom is 0.328 e. The second-order valence-corrected chi connectivity index (χ2v) is 6.05. The molecule has 0 atom stereocenters. The third kappa shape index (κ3) is 6.77. The van der Waals surface area contributed by atoms with Crippen molar-refractivity contribution in [3.05, 3.63) is 65.7 Å². The fourth-order valence-electron chi connectivity index (χ4n) is 2.44. The molecule has 4 N–H and O–H groups in total. The van der Waals surface area contributed by atoms with Crippen molar-refractivity contribution in [1.29, 1.82) is 0 Å². The number of aliphatic carboxylic acids is 2. The van der Waals surface area contributed by atoms with Gasteiger partial charge in [0.25, 0.3) is 0 Å². The molecule has 1 heterocycles. The standard InChI is InChI=1S/C16H16ClN3.C4H4O4/c17-14-7-3-1-5-12(14)13-6-2-4-8-15(13)20-11-16-18-9-10-19-16;5-3(6)1-2-4(7)8/h1-8,20H,9-11H2,(H,18,19);1-2H,(H,5,6)(H,7,8). The highest BCUT2D eigenvalue weighted by atomic mass is 35.5. The van der Waals surface area contributed by atoms with Crippen LogP contribution < -0.4 is 10.6 Å². The van der Waals surface area contributed by atoms with Crippen LogP contribution in [0, 0.1) is 0 Å². The molecule has 0 saturated heterocycles. The topological polar surface area (TPSA) is 111 Å². The molecule has 0 radical (unpaired) electrons. The molecule has 146 valence electrons. The molecule has 0 bridgehead atoms. The summed E-state index contributed by atoms with van der Waals surface area (Å²) in [6.45, 7) is 2.51. The number of anilines is 1. The lowest BCUT2D eigenvalue weighted by molar-refractivity contribution is -0.134. The van der Waals surface area contributed by atoms with E-state index in [1.807, 2.05) is 36.4 Å². The molecule has 0 aromatic heterocycles. The molecule has 28 heavy (non-hydrogen) atoms. The van der Waals surface area contributed by atoms with Gasteiger partial charge in [0.15, 0.2) is 0 Å². The van der Waals surface area contributed by atoms with Crippen LogP contribution in [0.15, 0.2) is 65.7 Å². The number of carboxylic acids is 2. The van der Waals surface area contributed by atoms with E-state index in [2.05, 4.69) is 27.8 Å². The summed E-state index contributed by atoms with van der Waals surface area (Å²) in [5, 5.41) is 23.1. The molecular formula is C20H20ClN3O4. The van der Waals surface area contributed by atoms with Crippen LogP contribution in [0.1, 0.15) is 0 Å². The van der Waals surface area contributed by atoms with Gasteiger partial charge >= 0.3 is 11.9 Å². The van der Waals surface area contributed by atoms with Gasteiger partial charge < -0.3 is 20.8 Å². The molecule has 3 rings (SSSR count). The first-order chi connectivity index (χ1) is 13.5. The lowest BCUT2D eigenvalue weighted by atomic mass is 10.0. The maximum atomic E-state index is 9.55. The lowest BCUT2D eigenvalue weighted by Crippen LogP contribution is -2.26. The van der Waals surface area contributed by atoms with Gasteiger partial charge in [-0.25, -0.2) is 9.59 Å². The fourth-order valence-corrected chi connectivity index (χ4v) is 2.68. The Kier molecular flexibility index (Phi) is 8.05. The number of benzene rings is 2. The first-order valence-electron chi connectivity index (χ1n) is 8.46. The van der Waals surface area contributed by atoms with Crippen LogP contribution >= 0.6 is 11.6 Å². The highest BCUT2D eigenvalue weighted by molar-refractivity contribution is 6.33. The Morgan fingerprint density at radius 3 is 2.21 bits per heavy atom. The third-order valence-corrected chi connectivity index (χ3v) is 3.98. The number of halogens is 1. The number of nitrogens with one attached hydrogen (secondary N) is 2. The third-order valence-electron chi connectivity index (χ3n) is 3.65. The van der Waals surface area contributed by atoms with Gasteiger partial charge in [-0.1, -0.05) is 48.0 Å². The molecular weight excluding hydrogens is 382 g/mol. The Hall–Kier alpha value is -3.32.